The summed E-state index contributed by atoms with van der Waals surface area (Å²) in [7, 11) is -3.42. The summed E-state index contributed by atoms with van der Waals surface area (Å²) in [4.78, 5) is 91.5. The van der Waals surface area contributed by atoms with E-state index in [1.54, 1.807) is 11.8 Å². The highest BCUT2D eigenvalue weighted by Crippen LogP contribution is 2.40. The number of imide groups is 2. The van der Waals surface area contributed by atoms with Gasteiger partial charge in [0.1, 0.15) is 17.6 Å². The standard InChI is InChI=1S/C44H70N8O10S2/c1-64(60,61)51-21-18-30(23-51)39(55)47-34(40(56)50-44-48-35(26-63-44)28-8-4-2-5-9-28)25-62-24-27-10-12-29(13-11-27)38(54)46-20-7-3-6-19-45-31-14-15-32-33(22-31)43(59)52(42(32)58)36-16-17-37(53)49-41(36)57/h27-36,44-45,48H,2-26H2,1H3,(H,46,54)(H,47,55)(H,50,56)(H,49,53,57)/t27?,29?,30?,31?,32?,33?,34-,35?,36?,44?/m0/s1. The van der Waals surface area contributed by atoms with Gasteiger partial charge in [-0.15, -0.1) is 11.8 Å². The molecule has 7 amide bonds. The van der Waals surface area contributed by atoms with Crippen LogP contribution >= 0.6 is 11.8 Å². The Bertz CT molecular complexity index is 1830. The molecule has 0 radical (unpaired) electrons. The molecule has 64 heavy (non-hydrogen) atoms. The van der Waals surface area contributed by atoms with E-state index in [4.69, 9.17) is 4.74 Å². The zero-order chi connectivity index (χ0) is 45.4. The molecule has 6 N–H and O–H groups in total. The van der Waals surface area contributed by atoms with Crippen LogP contribution in [0.25, 0.3) is 0 Å². The molecule has 8 atom stereocenters. The van der Waals surface area contributed by atoms with Crippen molar-refractivity contribution in [2.24, 2.45) is 35.5 Å². The van der Waals surface area contributed by atoms with Crippen LogP contribution in [-0.4, -0.2) is 140 Å². The molecule has 0 aromatic heterocycles. The van der Waals surface area contributed by atoms with Crippen molar-refractivity contribution in [3.05, 3.63) is 0 Å². The Kier molecular flexibility index (Phi) is 17.2. The van der Waals surface area contributed by atoms with E-state index in [-0.39, 0.29) is 91.4 Å². The fourth-order valence-electron chi connectivity index (χ4n) is 11.0. The number of ether oxygens (including phenoxy) is 1. The maximum Gasteiger partial charge on any atom is 0.249 e. The lowest BCUT2D eigenvalue weighted by atomic mass is 9.78. The van der Waals surface area contributed by atoms with E-state index in [1.807, 2.05) is 0 Å². The third-order valence-electron chi connectivity index (χ3n) is 14.8. The number of piperidine rings is 1. The van der Waals surface area contributed by atoms with E-state index in [9.17, 15) is 42.0 Å². The number of carbonyl (C=O) groups is 7. The van der Waals surface area contributed by atoms with Crippen LogP contribution in [0.4, 0.5) is 0 Å². The number of nitrogens with zero attached hydrogens (tertiary/aromatic N) is 2. The largest absolute Gasteiger partial charge is 0.378 e. The molecule has 4 saturated heterocycles. The van der Waals surface area contributed by atoms with Gasteiger partial charge in [0.2, 0.25) is 51.4 Å². The van der Waals surface area contributed by atoms with Gasteiger partial charge in [-0.1, -0.05) is 25.7 Å². The van der Waals surface area contributed by atoms with Crippen molar-refractivity contribution in [1.82, 2.24) is 41.1 Å². The summed E-state index contributed by atoms with van der Waals surface area (Å²) in [6, 6.07) is -1.38. The number of hydrogen-bond acceptors (Lipinski definition) is 13. The topological polar surface area (TPSA) is 242 Å². The number of rotatable bonds is 19. The number of thioether (sulfide) groups is 1. The minimum atomic E-state index is -3.42. The van der Waals surface area contributed by atoms with Gasteiger partial charge in [-0.05, 0) is 102 Å². The number of likely N-dealkylation sites (tertiary alicyclic amines) is 1. The van der Waals surface area contributed by atoms with Crippen molar-refractivity contribution in [2.75, 3.05) is 51.4 Å². The molecule has 358 valence electrons. The summed E-state index contributed by atoms with van der Waals surface area (Å²) in [6.45, 7) is 2.12. The number of amides is 7. The van der Waals surface area contributed by atoms with Crippen molar-refractivity contribution in [1.29, 1.82) is 0 Å². The van der Waals surface area contributed by atoms with Crippen LogP contribution in [0, 0.1) is 35.5 Å². The van der Waals surface area contributed by atoms with E-state index < -0.39 is 45.8 Å². The third kappa shape index (κ3) is 12.6. The number of fused-ring (bicyclic) bond motifs is 1. The zero-order valence-electron chi connectivity index (χ0n) is 37.3. The second-order valence-corrected chi connectivity index (χ2v) is 22.5. The molecule has 0 bridgehead atoms. The van der Waals surface area contributed by atoms with Gasteiger partial charge in [-0.25, -0.2) is 12.7 Å². The average molecular weight is 935 g/mol. The molecule has 18 nitrogen and oxygen atoms in total. The monoisotopic (exact) mass is 934 g/mol. The molecule has 0 aromatic carbocycles. The molecule has 4 aliphatic heterocycles. The molecule has 0 aromatic rings. The summed E-state index contributed by atoms with van der Waals surface area (Å²) >= 11 is 1.67. The maximum absolute atomic E-state index is 13.6. The summed E-state index contributed by atoms with van der Waals surface area (Å²) in [5.41, 5.74) is -0.260. The van der Waals surface area contributed by atoms with Crippen molar-refractivity contribution >= 4 is 63.1 Å². The number of unbranched alkanes of at least 4 members (excludes halogenated alkanes) is 2. The molecule has 0 spiro atoms. The predicted molar refractivity (Wildman–Crippen MR) is 238 cm³/mol. The normalized spacial score (nSPS) is 32.3. The van der Waals surface area contributed by atoms with Crippen LogP contribution in [0.1, 0.15) is 116 Å². The average Bonchev–Trinajstić information content (AvgIpc) is 4.03. The third-order valence-corrected chi connectivity index (χ3v) is 17.3. The first-order valence-corrected chi connectivity index (χ1v) is 26.9. The lowest BCUT2D eigenvalue weighted by Crippen LogP contribution is -2.55. The number of sulfonamides is 1. The van der Waals surface area contributed by atoms with E-state index >= 15 is 0 Å². The molecular weight excluding hydrogens is 865 g/mol. The van der Waals surface area contributed by atoms with Crippen LogP contribution < -0.4 is 31.9 Å². The van der Waals surface area contributed by atoms with Crippen molar-refractivity contribution in [3.63, 3.8) is 0 Å². The second kappa shape index (κ2) is 22.5. The summed E-state index contributed by atoms with van der Waals surface area (Å²) < 4.78 is 31.6. The van der Waals surface area contributed by atoms with Crippen molar-refractivity contribution < 1.29 is 46.7 Å². The van der Waals surface area contributed by atoms with E-state index in [0.717, 1.165) is 74.8 Å². The van der Waals surface area contributed by atoms with Crippen LogP contribution in [0.5, 0.6) is 0 Å². The fraction of sp³-hybridized carbons (Fsp3) is 0.841. The smallest absolute Gasteiger partial charge is 0.249 e. The summed E-state index contributed by atoms with van der Waals surface area (Å²) in [6.07, 6.45) is 15.7. The molecule has 7 rings (SSSR count). The Morgan fingerprint density at radius 1 is 0.844 bits per heavy atom. The molecule has 20 heteroatoms. The molecular formula is C44H70N8O10S2. The molecule has 3 saturated carbocycles. The Labute approximate surface area is 381 Å². The molecule has 7 aliphatic rings. The quantitative estimate of drug-likeness (QED) is 0.0787. The van der Waals surface area contributed by atoms with E-state index in [0.29, 0.717) is 44.4 Å². The highest BCUT2D eigenvalue weighted by atomic mass is 32.2. The minimum absolute atomic E-state index is 0.00694. The van der Waals surface area contributed by atoms with Crippen LogP contribution in [-0.2, 0) is 48.3 Å². The first kappa shape index (κ1) is 48.8. The van der Waals surface area contributed by atoms with Crippen molar-refractivity contribution in [2.45, 2.75) is 145 Å². The van der Waals surface area contributed by atoms with Crippen LogP contribution in [0.3, 0.4) is 0 Å². The van der Waals surface area contributed by atoms with Gasteiger partial charge in [0.25, 0.3) is 0 Å². The highest BCUT2D eigenvalue weighted by Gasteiger charge is 2.54. The van der Waals surface area contributed by atoms with Gasteiger partial charge in [0.15, 0.2) is 0 Å². The van der Waals surface area contributed by atoms with Gasteiger partial charge < -0.3 is 26.0 Å². The predicted octanol–water partition coefficient (Wildman–Crippen LogP) is 1.10. The lowest BCUT2D eigenvalue weighted by Gasteiger charge is -2.29. The SMILES string of the molecule is CS(=O)(=O)N1CCC(C(=O)N[C@@H](COCC2CCC(C(=O)NCCCCCNC3CCC4C(=O)N(C5CCC(=O)NC5=O)C(=O)C4C3)CC2)C(=O)NC2NC(C3CCCCC3)CS2)C1. The van der Waals surface area contributed by atoms with E-state index in [1.165, 1.54) is 36.4 Å². The van der Waals surface area contributed by atoms with Gasteiger partial charge >= 0.3 is 0 Å². The molecule has 7 fully saturated rings. The Morgan fingerprint density at radius 3 is 2.33 bits per heavy atom. The van der Waals surface area contributed by atoms with E-state index in [2.05, 4.69) is 31.9 Å². The first-order chi connectivity index (χ1) is 30.7. The molecule has 3 aliphatic carbocycles. The van der Waals surface area contributed by atoms with Gasteiger partial charge in [-0.3, -0.25) is 49.1 Å². The zero-order valence-corrected chi connectivity index (χ0v) is 39.0. The number of nitrogens with one attached hydrogen (secondary N) is 6. The highest BCUT2D eigenvalue weighted by molar-refractivity contribution is 8.00. The lowest BCUT2D eigenvalue weighted by molar-refractivity contribution is -0.151. The van der Waals surface area contributed by atoms with Crippen LogP contribution in [0.15, 0.2) is 0 Å². The van der Waals surface area contributed by atoms with Crippen LogP contribution in [0.2, 0.25) is 0 Å². The Balaban J connectivity index is 0.766. The van der Waals surface area contributed by atoms with Gasteiger partial charge in [-0.2, -0.15) is 0 Å². The minimum Gasteiger partial charge on any atom is -0.378 e. The van der Waals surface area contributed by atoms with Gasteiger partial charge in [0.05, 0.1) is 30.6 Å². The molecule has 4 heterocycles. The maximum atomic E-state index is 13.6. The Morgan fingerprint density at radius 2 is 1.59 bits per heavy atom. The Hall–Kier alpha value is -3.17. The first-order valence-electron chi connectivity index (χ1n) is 24.0. The summed E-state index contributed by atoms with van der Waals surface area (Å²) in [5, 5.41) is 18.5. The van der Waals surface area contributed by atoms with Crippen molar-refractivity contribution in [3.8, 4) is 0 Å². The molecule has 7 unspecified atom stereocenters. The number of hydrogen-bond donors (Lipinski definition) is 6. The fourth-order valence-corrected chi connectivity index (χ4v) is 13.1. The van der Waals surface area contributed by atoms with Gasteiger partial charge in [0, 0.05) is 56.4 Å². The summed E-state index contributed by atoms with van der Waals surface area (Å²) in [5.74, 6) is -1.85. The number of carbonyl (C=O) groups excluding carboxylic acids is 7. The second-order valence-electron chi connectivity index (χ2n) is 19.4.